The predicted octanol–water partition coefficient (Wildman–Crippen LogP) is -0.385. The van der Waals surface area contributed by atoms with Crippen LogP contribution in [0.1, 0.15) is 19.8 Å². The number of carbonyl (C=O) groups is 1. The van der Waals surface area contributed by atoms with Crippen LogP contribution >= 0.6 is 0 Å². The fraction of sp³-hybridized carbons (Fsp3) is 0.900. The molecule has 1 unspecified atom stereocenters. The highest BCUT2D eigenvalue weighted by Gasteiger charge is 2.13. The van der Waals surface area contributed by atoms with Gasteiger partial charge in [0.1, 0.15) is 0 Å². The van der Waals surface area contributed by atoms with Gasteiger partial charge in [-0.15, -0.1) is 0 Å². The van der Waals surface area contributed by atoms with Crippen molar-refractivity contribution in [2.45, 2.75) is 25.9 Å². The topological polar surface area (TPSA) is 70.0 Å². The molecule has 0 aromatic carbocycles. The summed E-state index contributed by atoms with van der Waals surface area (Å²) in [5, 5.41) is 17.8. The Balaban J connectivity index is 3.92. The zero-order valence-electron chi connectivity index (χ0n) is 9.48. The zero-order valence-corrected chi connectivity index (χ0v) is 9.48. The van der Waals surface area contributed by atoms with E-state index in [0.29, 0.717) is 32.5 Å². The molecule has 1 atom stereocenters. The number of ether oxygens (including phenoxy) is 1. The maximum atomic E-state index is 11.6. The van der Waals surface area contributed by atoms with Crippen LogP contribution in [0.5, 0.6) is 0 Å². The Morgan fingerprint density at radius 2 is 2.13 bits per heavy atom. The molecule has 0 radical (unpaired) electrons. The molecule has 15 heavy (non-hydrogen) atoms. The first-order valence-electron chi connectivity index (χ1n) is 5.17. The quantitative estimate of drug-likeness (QED) is 0.583. The Morgan fingerprint density at radius 1 is 1.47 bits per heavy atom. The largest absolute Gasteiger partial charge is 0.395 e. The highest BCUT2D eigenvalue weighted by atomic mass is 16.5. The second-order valence-electron chi connectivity index (χ2n) is 3.48. The average Bonchev–Trinajstić information content (AvgIpc) is 2.20. The number of aliphatic hydroxyl groups excluding tert-OH is 2. The summed E-state index contributed by atoms with van der Waals surface area (Å²) in [5.74, 6) is -0.0537. The van der Waals surface area contributed by atoms with E-state index in [0.717, 1.165) is 0 Å². The minimum Gasteiger partial charge on any atom is -0.395 e. The minimum atomic E-state index is -0.465. The van der Waals surface area contributed by atoms with E-state index in [1.54, 1.807) is 18.9 Å². The van der Waals surface area contributed by atoms with Crippen LogP contribution in [-0.2, 0) is 9.53 Å². The van der Waals surface area contributed by atoms with E-state index in [1.807, 2.05) is 0 Å². The van der Waals surface area contributed by atoms with Gasteiger partial charge in [0.05, 0.1) is 19.3 Å². The first kappa shape index (κ1) is 14.3. The number of methoxy groups -OCH3 is 1. The third-order valence-electron chi connectivity index (χ3n) is 2.06. The zero-order chi connectivity index (χ0) is 11.7. The van der Waals surface area contributed by atoms with Crippen molar-refractivity contribution >= 4 is 5.91 Å². The molecule has 0 spiro atoms. The Hall–Kier alpha value is -0.650. The van der Waals surface area contributed by atoms with E-state index < -0.39 is 6.10 Å². The molecule has 0 aliphatic carbocycles. The Labute approximate surface area is 90.6 Å². The van der Waals surface area contributed by atoms with Crippen LogP contribution in [0.4, 0.5) is 0 Å². The molecule has 1 amide bonds. The van der Waals surface area contributed by atoms with Crippen molar-refractivity contribution in [2.75, 3.05) is 33.4 Å². The molecule has 90 valence electrons. The van der Waals surface area contributed by atoms with E-state index in [-0.39, 0.29) is 12.5 Å². The summed E-state index contributed by atoms with van der Waals surface area (Å²) in [5.41, 5.74) is 0. The fourth-order valence-electron chi connectivity index (χ4n) is 1.17. The molecule has 0 aromatic heterocycles. The monoisotopic (exact) mass is 219 g/mol. The lowest BCUT2D eigenvalue weighted by Gasteiger charge is -2.21. The Morgan fingerprint density at radius 3 is 2.60 bits per heavy atom. The molecule has 0 saturated heterocycles. The molecule has 0 saturated carbocycles. The lowest BCUT2D eigenvalue weighted by Crippen LogP contribution is -2.36. The van der Waals surface area contributed by atoms with Gasteiger partial charge in [-0.25, -0.2) is 0 Å². The number of aliphatic hydroxyl groups is 2. The molecule has 0 fully saturated rings. The first-order chi connectivity index (χ1) is 7.11. The molecule has 2 N–H and O–H groups in total. The highest BCUT2D eigenvalue weighted by Crippen LogP contribution is 2.01. The maximum Gasteiger partial charge on any atom is 0.222 e. The molecular weight excluding hydrogens is 198 g/mol. The smallest absolute Gasteiger partial charge is 0.222 e. The normalized spacial score (nSPS) is 12.5. The first-order valence-corrected chi connectivity index (χ1v) is 5.17. The molecule has 0 bridgehead atoms. The molecule has 0 aromatic rings. The summed E-state index contributed by atoms with van der Waals surface area (Å²) < 4.78 is 4.87. The van der Waals surface area contributed by atoms with Crippen LogP contribution in [0.2, 0.25) is 0 Å². The standard InChI is InChI=1S/C10H21NO4/c1-9(13)3-4-10(14)11(5-7-12)6-8-15-2/h9,12-13H,3-8H2,1-2H3. The van der Waals surface area contributed by atoms with Crippen molar-refractivity contribution in [3.63, 3.8) is 0 Å². The average molecular weight is 219 g/mol. The fourth-order valence-corrected chi connectivity index (χ4v) is 1.17. The van der Waals surface area contributed by atoms with Crippen LogP contribution in [-0.4, -0.2) is 60.5 Å². The van der Waals surface area contributed by atoms with Crippen molar-refractivity contribution in [1.29, 1.82) is 0 Å². The van der Waals surface area contributed by atoms with Crippen LogP contribution in [0.15, 0.2) is 0 Å². The highest BCUT2D eigenvalue weighted by molar-refractivity contribution is 5.76. The number of amides is 1. The third kappa shape index (κ3) is 7.30. The summed E-state index contributed by atoms with van der Waals surface area (Å²) in [6, 6.07) is 0. The van der Waals surface area contributed by atoms with E-state index in [9.17, 15) is 4.79 Å². The number of rotatable bonds is 8. The lowest BCUT2D eigenvalue weighted by atomic mass is 10.2. The van der Waals surface area contributed by atoms with Crippen LogP contribution in [0.25, 0.3) is 0 Å². The minimum absolute atomic E-state index is 0.0515. The second kappa shape index (κ2) is 8.64. The summed E-state index contributed by atoms with van der Waals surface area (Å²) >= 11 is 0. The van der Waals surface area contributed by atoms with Gasteiger partial charge in [0.25, 0.3) is 0 Å². The molecular formula is C10H21NO4. The van der Waals surface area contributed by atoms with Crippen LogP contribution in [0, 0.1) is 0 Å². The second-order valence-corrected chi connectivity index (χ2v) is 3.48. The van der Waals surface area contributed by atoms with E-state index in [2.05, 4.69) is 0 Å². The van der Waals surface area contributed by atoms with Gasteiger partial charge in [-0.1, -0.05) is 0 Å². The number of hydrogen-bond donors (Lipinski definition) is 2. The molecule has 5 heteroatoms. The van der Waals surface area contributed by atoms with Crippen molar-refractivity contribution in [3.8, 4) is 0 Å². The van der Waals surface area contributed by atoms with Gasteiger partial charge >= 0.3 is 0 Å². The summed E-state index contributed by atoms with van der Waals surface area (Å²) in [7, 11) is 1.57. The molecule has 5 nitrogen and oxygen atoms in total. The molecule has 0 aliphatic heterocycles. The van der Waals surface area contributed by atoms with Gasteiger partial charge in [-0.2, -0.15) is 0 Å². The van der Waals surface area contributed by atoms with E-state index >= 15 is 0 Å². The van der Waals surface area contributed by atoms with E-state index in [4.69, 9.17) is 14.9 Å². The number of carbonyl (C=O) groups excluding carboxylic acids is 1. The number of nitrogens with zero attached hydrogens (tertiary/aromatic N) is 1. The van der Waals surface area contributed by atoms with Crippen molar-refractivity contribution < 1.29 is 19.7 Å². The van der Waals surface area contributed by atoms with Gasteiger partial charge in [-0.05, 0) is 13.3 Å². The van der Waals surface area contributed by atoms with Gasteiger partial charge in [0, 0.05) is 26.6 Å². The molecule has 0 aliphatic rings. The number of hydrogen-bond acceptors (Lipinski definition) is 4. The summed E-state index contributed by atoms with van der Waals surface area (Å²) in [6.07, 6.45) is 0.294. The predicted molar refractivity (Wildman–Crippen MR) is 56.5 cm³/mol. The van der Waals surface area contributed by atoms with Gasteiger partial charge < -0.3 is 19.8 Å². The van der Waals surface area contributed by atoms with Crippen molar-refractivity contribution in [2.24, 2.45) is 0 Å². The summed E-state index contributed by atoms with van der Waals surface area (Å²) in [6.45, 7) is 2.86. The van der Waals surface area contributed by atoms with Crippen molar-refractivity contribution in [3.05, 3.63) is 0 Å². The third-order valence-corrected chi connectivity index (χ3v) is 2.06. The maximum absolute atomic E-state index is 11.6. The SMILES string of the molecule is COCCN(CCO)C(=O)CCC(C)O. The van der Waals surface area contributed by atoms with Crippen LogP contribution in [0.3, 0.4) is 0 Å². The molecule has 0 heterocycles. The van der Waals surface area contributed by atoms with E-state index in [1.165, 1.54) is 0 Å². The van der Waals surface area contributed by atoms with Crippen molar-refractivity contribution in [1.82, 2.24) is 4.90 Å². The van der Waals surface area contributed by atoms with Gasteiger partial charge in [0.15, 0.2) is 0 Å². The molecule has 0 rings (SSSR count). The van der Waals surface area contributed by atoms with Gasteiger partial charge in [0.2, 0.25) is 5.91 Å². The lowest BCUT2D eigenvalue weighted by molar-refractivity contribution is -0.132. The summed E-state index contributed by atoms with van der Waals surface area (Å²) in [4.78, 5) is 13.1. The Bertz CT molecular complexity index is 173. The van der Waals surface area contributed by atoms with Crippen LogP contribution < -0.4 is 0 Å². The van der Waals surface area contributed by atoms with Gasteiger partial charge in [-0.3, -0.25) is 4.79 Å². The Kier molecular flexibility index (Phi) is 8.27.